The van der Waals surface area contributed by atoms with Crippen molar-refractivity contribution >= 4 is 5.82 Å². The number of aliphatic hydroxyl groups excluding tert-OH is 2. The number of aromatic hydroxyl groups is 1. The number of nitrogen functional groups attached to an aromatic ring is 1. The Morgan fingerprint density at radius 3 is 2.77 bits per heavy atom. The van der Waals surface area contributed by atoms with Gasteiger partial charge >= 0.3 is 0 Å². The molecule has 2 aromatic rings. The summed E-state index contributed by atoms with van der Waals surface area (Å²) < 4.78 is 12.5. The Balaban J connectivity index is 1.38. The highest BCUT2D eigenvalue weighted by Crippen LogP contribution is 2.32. The van der Waals surface area contributed by atoms with E-state index >= 15 is 0 Å². The number of aromatic nitrogens is 1. The van der Waals surface area contributed by atoms with Crippen LogP contribution in [0.15, 0.2) is 30.5 Å². The fourth-order valence-electron chi connectivity index (χ4n) is 5.84. The minimum Gasteiger partial charge on any atom is -0.504 e. The third kappa shape index (κ3) is 9.12. The molecule has 0 unspecified atom stereocenters. The average molecular weight is 551 g/mol. The molecule has 4 atom stereocenters. The maximum absolute atomic E-state index is 11.0. The molecule has 1 aliphatic heterocycles. The van der Waals surface area contributed by atoms with Gasteiger partial charge in [0.1, 0.15) is 5.82 Å². The summed E-state index contributed by atoms with van der Waals surface area (Å²) in [5, 5.41) is 30.8. The molecule has 0 bridgehead atoms. The molecule has 4 rings (SSSR count). The second kappa shape index (κ2) is 15.3. The molecule has 1 aromatic heterocycles. The van der Waals surface area contributed by atoms with Crippen molar-refractivity contribution in [1.29, 1.82) is 0 Å². The van der Waals surface area contributed by atoms with Crippen LogP contribution in [0, 0.1) is 23.7 Å². The smallest absolute Gasteiger partial charge is 0.161 e. The number of aryl methyl sites for hydroxylation is 1. The predicted molar refractivity (Wildman–Crippen MR) is 157 cm³/mol. The Bertz CT molecular complexity index is 1140. The fraction of sp³-hybridized carbons (Fsp3) is 0.606. The van der Waals surface area contributed by atoms with E-state index in [1.807, 2.05) is 12.1 Å². The Labute approximate surface area is 239 Å². The lowest BCUT2D eigenvalue weighted by molar-refractivity contribution is -0.00631. The third-order valence-electron chi connectivity index (χ3n) is 8.39. The van der Waals surface area contributed by atoms with Gasteiger partial charge in [0, 0.05) is 29.8 Å². The van der Waals surface area contributed by atoms with E-state index in [-0.39, 0.29) is 30.5 Å². The predicted octanol–water partition coefficient (Wildman–Crippen LogP) is 5.52. The van der Waals surface area contributed by atoms with Crippen molar-refractivity contribution in [2.45, 2.75) is 109 Å². The summed E-state index contributed by atoms with van der Waals surface area (Å²) in [6.45, 7) is 2.68. The normalized spacial score (nSPS) is 22.8. The number of fused-ring (bicyclic) bond motifs is 1. The van der Waals surface area contributed by atoms with Gasteiger partial charge in [-0.15, -0.1) is 0 Å². The van der Waals surface area contributed by atoms with Gasteiger partial charge in [-0.05, 0) is 100 Å². The molecule has 1 saturated carbocycles. The van der Waals surface area contributed by atoms with E-state index in [0.29, 0.717) is 43.4 Å². The maximum Gasteiger partial charge on any atom is 0.161 e. The van der Waals surface area contributed by atoms with Crippen LogP contribution in [0.1, 0.15) is 94.2 Å². The van der Waals surface area contributed by atoms with E-state index < -0.39 is 6.10 Å². The molecular formula is C33H46N2O5. The number of benzene rings is 1. The molecule has 7 heteroatoms. The lowest BCUT2D eigenvalue weighted by atomic mass is 9.84. The van der Waals surface area contributed by atoms with Crippen molar-refractivity contribution in [3.05, 3.63) is 47.2 Å². The van der Waals surface area contributed by atoms with Crippen LogP contribution in [0.2, 0.25) is 0 Å². The molecule has 0 saturated heterocycles. The van der Waals surface area contributed by atoms with Gasteiger partial charge in [-0.3, -0.25) is 0 Å². The molecular weight excluding hydrogens is 504 g/mol. The van der Waals surface area contributed by atoms with Crippen LogP contribution in [0.3, 0.4) is 0 Å². The summed E-state index contributed by atoms with van der Waals surface area (Å²) in [5.74, 6) is 8.35. The monoisotopic (exact) mass is 550 g/mol. The number of nitrogens with two attached hydrogens (primary N) is 1. The van der Waals surface area contributed by atoms with E-state index in [4.69, 9.17) is 15.2 Å². The first kappa shape index (κ1) is 30.2. The minimum absolute atomic E-state index is 0.118. The van der Waals surface area contributed by atoms with Gasteiger partial charge in [-0.25, -0.2) is 4.98 Å². The molecule has 2 heterocycles. The molecule has 7 nitrogen and oxygen atoms in total. The zero-order valence-corrected chi connectivity index (χ0v) is 23.9. The molecule has 1 fully saturated rings. The van der Waals surface area contributed by atoms with Crippen LogP contribution >= 0.6 is 0 Å². The third-order valence-corrected chi connectivity index (χ3v) is 8.39. The van der Waals surface area contributed by atoms with Gasteiger partial charge in [-0.2, -0.15) is 0 Å². The number of phenolic OH excluding ortho intramolecular Hbond substituents is 1. The van der Waals surface area contributed by atoms with Crippen LogP contribution in [-0.4, -0.2) is 45.2 Å². The quantitative estimate of drug-likeness (QED) is 0.288. The second-order valence-electron chi connectivity index (χ2n) is 11.6. The summed E-state index contributed by atoms with van der Waals surface area (Å²) in [7, 11) is 0. The SMILES string of the molecule is C[C@H]1C#Cc2cc(N)ncc2CO[C@H](C[C@H](O)CCc2ccc(O)c(OC3CCCCC3)c2)CC[C@@H]1CCCO. The topological polar surface area (TPSA) is 118 Å². The van der Waals surface area contributed by atoms with E-state index in [0.717, 1.165) is 55.2 Å². The molecule has 40 heavy (non-hydrogen) atoms. The van der Waals surface area contributed by atoms with Gasteiger partial charge in [0.25, 0.3) is 0 Å². The summed E-state index contributed by atoms with van der Waals surface area (Å²) in [4.78, 5) is 4.24. The summed E-state index contributed by atoms with van der Waals surface area (Å²) >= 11 is 0. The highest BCUT2D eigenvalue weighted by molar-refractivity contribution is 5.47. The number of anilines is 1. The van der Waals surface area contributed by atoms with Crippen LogP contribution in [0.25, 0.3) is 0 Å². The van der Waals surface area contributed by atoms with Gasteiger partial charge in [0.15, 0.2) is 11.5 Å². The van der Waals surface area contributed by atoms with Crippen molar-refractivity contribution in [2.75, 3.05) is 12.3 Å². The van der Waals surface area contributed by atoms with Gasteiger partial charge in [0.2, 0.25) is 0 Å². The first-order chi connectivity index (χ1) is 19.4. The lowest BCUT2D eigenvalue weighted by Gasteiger charge is -2.25. The van der Waals surface area contributed by atoms with Crippen LogP contribution in [-0.2, 0) is 17.8 Å². The summed E-state index contributed by atoms with van der Waals surface area (Å²) in [5.41, 5.74) is 8.71. The molecule has 5 N–H and O–H groups in total. The van der Waals surface area contributed by atoms with Crippen molar-refractivity contribution < 1.29 is 24.8 Å². The number of hydrogen-bond acceptors (Lipinski definition) is 7. The van der Waals surface area contributed by atoms with E-state index in [1.165, 1.54) is 19.3 Å². The van der Waals surface area contributed by atoms with Crippen molar-refractivity contribution in [3.8, 4) is 23.3 Å². The highest BCUT2D eigenvalue weighted by Gasteiger charge is 2.23. The zero-order valence-electron chi connectivity index (χ0n) is 23.9. The van der Waals surface area contributed by atoms with Crippen molar-refractivity contribution in [2.24, 2.45) is 11.8 Å². The number of nitrogens with zero attached hydrogens (tertiary/aromatic N) is 1. The number of ether oxygens (including phenoxy) is 2. The number of rotatable bonds is 10. The Morgan fingerprint density at radius 1 is 1.15 bits per heavy atom. The van der Waals surface area contributed by atoms with Crippen LogP contribution in [0.5, 0.6) is 11.5 Å². The molecule has 1 aromatic carbocycles. The molecule has 218 valence electrons. The second-order valence-corrected chi connectivity index (χ2v) is 11.6. The van der Waals surface area contributed by atoms with E-state index in [1.54, 1.807) is 18.3 Å². The van der Waals surface area contributed by atoms with E-state index in [9.17, 15) is 15.3 Å². The number of pyridine rings is 1. The van der Waals surface area contributed by atoms with Gasteiger partial charge in [-0.1, -0.05) is 31.3 Å². The zero-order chi connectivity index (χ0) is 28.3. The molecule has 0 spiro atoms. The maximum atomic E-state index is 11.0. The van der Waals surface area contributed by atoms with Crippen LogP contribution in [0.4, 0.5) is 5.82 Å². The molecule has 2 aliphatic rings. The largest absolute Gasteiger partial charge is 0.504 e. The summed E-state index contributed by atoms with van der Waals surface area (Å²) in [6.07, 6.45) is 12.1. The van der Waals surface area contributed by atoms with Gasteiger partial charge < -0.3 is 30.5 Å². The van der Waals surface area contributed by atoms with E-state index in [2.05, 4.69) is 23.7 Å². The standard InChI is InChI=1S/C33H46N2O5/c1-23-9-12-26-19-33(34)35-21-27(26)22-39-30(15-13-25(23)6-5-17-36)20-28(37)14-10-24-11-16-31(38)32(18-24)40-29-7-3-2-4-8-29/h11,16,18-19,21,23,25,28-30,36-38H,2-8,10,13-15,17,20,22H2,1H3,(H2,34,35)/t23-,25-,28+,30-/m0/s1. The number of hydrogen-bond donors (Lipinski definition) is 4. The first-order valence-electron chi connectivity index (χ1n) is 15.1. The Kier molecular flexibility index (Phi) is 11.5. The van der Waals surface area contributed by atoms with Crippen LogP contribution < -0.4 is 10.5 Å². The number of aliphatic hydroxyl groups is 2. The summed E-state index contributed by atoms with van der Waals surface area (Å²) in [6, 6.07) is 7.32. The Hall–Kier alpha value is -2.79. The molecule has 1 aliphatic carbocycles. The average Bonchev–Trinajstić information content (AvgIpc) is 2.98. The fourth-order valence-corrected chi connectivity index (χ4v) is 5.84. The van der Waals surface area contributed by atoms with Crippen molar-refractivity contribution in [3.63, 3.8) is 0 Å². The molecule has 0 amide bonds. The minimum atomic E-state index is -0.528. The lowest BCUT2D eigenvalue weighted by Crippen LogP contribution is -2.23. The highest BCUT2D eigenvalue weighted by atomic mass is 16.5. The Morgan fingerprint density at radius 2 is 1.98 bits per heavy atom. The van der Waals surface area contributed by atoms with Gasteiger partial charge in [0.05, 0.1) is 24.9 Å². The number of phenols is 1. The molecule has 0 radical (unpaired) electrons. The first-order valence-corrected chi connectivity index (χ1v) is 15.1. The van der Waals surface area contributed by atoms with Crippen molar-refractivity contribution in [1.82, 2.24) is 4.98 Å².